The van der Waals surface area contributed by atoms with Crippen LogP contribution < -0.4 is 5.32 Å². The summed E-state index contributed by atoms with van der Waals surface area (Å²) in [5.41, 5.74) is -0.197. The molecular formula is C12H10F3NO2S. The normalized spacial score (nSPS) is 11.7. The number of amides is 1. The zero-order valence-electron chi connectivity index (χ0n) is 9.62. The molecule has 0 aliphatic carbocycles. The summed E-state index contributed by atoms with van der Waals surface area (Å²) in [5.74, 6) is 0. The smallest absolute Gasteiger partial charge is 0.417 e. The fraction of sp³-hybridized carbons (Fsp3) is 0.250. The van der Waals surface area contributed by atoms with Gasteiger partial charge in [-0.15, -0.1) is 11.3 Å². The molecule has 1 heterocycles. The van der Waals surface area contributed by atoms with Gasteiger partial charge >= 0.3 is 12.3 Å². The van der Waals surface area contributed by atoms with Crippen LogP contribution in [0, 0.1) is 0 Å². The Bertz CT molecular complexity index is 607. The molecule has 0 saturated carbocycles. The van der Waals surface area contributed by atoms with Crippen molar-refractivity contribution in [2.45, 2.75) is 12.6 Å². The number of nitrogens with one attached hydrogen (secondary N) is 1. The number of thiophene rings is 1. The summed E-state index contributed by atoms with van der Waals surface area (Å²) in [5, 5.41) is 12.7. The van der Waals surface area contributed by atoms with Gasteiger partial charge in [-0.2, -0.15) is 13.2 Å². The molecule has 19 heavy (non-hydrogen) atoms. The maximum Gasteiger partial charge on any atom is 0.417 e. The lowest BCUT2D eigenvalue weighted by molar-refractivity contribution is -0.136. The van der Waals surface area contributed by atoms with E-state index in [1.165, 1.54) is 0 Å². The molecule has 0 spiro atoms. The van der Waals surface area contributed by atoms with E-state index in [-0.39, 0.29) is 17.7 Å². The van der Waals surface area contributed by atoms with Gasteiger partial charge < -0.3 is 10.4 Å². The van der Waals surface area contributed by atoms with Gasteiger partial charge in [0, 0.05) is 11.2 Å². The first-order valence-electron chi connectivity index (χ1n) is 5.42. The molecule has 3 nitrogen and oxygen atoms in total. The van der Waals surface area contributed by atoms with Crippen LogP contribution in [0.5, 0.6) is 0 Å². The molecule has 1 amide bonds. The molecular weight excluding hydrogens is 279 g/mol. The van der Waals surface area contributed by atoms with Crippen LogP contribution >= 0.6 is 11.3 Å². The first-order chi connectivity index (χ1) is 8.88. The van der Waals surface area contributed by atoms with E-state index in [4.69, 9.17) is 5.11 Å². The van der Waals surface area contributed by atoms with E-state index in [0.29, 0.717) is 10.9 Å². The van der Waals surface area contributed by atoms with E-state index >= 15 is 0 Å². The van der Waals surface area contributed by atoms with Gasteiger partial charge in [0.15, 0.2) is 0 Å². The molecule has 0 radical (unpaired) electrons. The molecule has 0 saturated heterocycles. The van der Waals surface area contributed by atoms with Crippen LogP contribution in [0.3, 0.4) is 0 Å². The molecule has 0 bridgehead atoms. The first kappa shape index (κ1) is 13.7. The Morgan fingerprint density at radius 2 is 2.11 bits per heavy atom. The van der Waals surface area contributed by atoms with E-state index in [1.807, 2.05) is 0 Å². The molecule has 102 valence electrons. The van der Waals surface area contributed by atoms with Gasteiger partial charge in [-0.3, -0.25) is 0 Å². The highest BCUT2D eigenvalue weighted by atomic mass is 32.1. The fourth-order valence-electron chi connectivity index (χ4n) is 1.81. The summed E-state index contributed by atoms with van der Waals surface area (Å²) in [7, 11) is 0. The number of hydrogen-bond donors (Lipinski definition) is 2. The van der Waals surface area contributed by atoms with Crippen molar-refractivity contribution in [1.82, 2.24) is 5.32 Å². The number of halogens is 3. The Hall–Kier alpha value is -1.76. The molecule has 0 unspecified atom stereocenters. The minimum atomic E-state index is -4.40. The molecule has 0 aliphatic heterocycles. The van der Waals surface area contributed by atoms with Crippen LogP contribution in [0.2, 0.25) is 0 Å². The molecule has 2 aromatic rings. The zero-order valence-corrected chi connectivity index (χ0v) is 10.4. The third-order valence-corrected chi connectivity index (χ3v) is 3.57. The Morgan fingerprint density at radius 1 is 1.37 bits per heavy atom. The number of alkyl halides is 3. The average molecular weight is 289 g/mol. The average Bonchev–Trinajstić information content (AvgIpc) is 2.73. The topological polar surface area (TPSA) is 49.3 Å². The van der Waals surface area contributed by atoms with Crippen molar-refractivity contribution >= 4 is 27.5 Å². The highest BCUT2D eigenvalue weighted by Gasteiger charge is 2.33. The number of hydrogen-bond acceptors (Lipinski definition) is 2. The molecule has 1 aromatic heterocycles. The molecule has 0 aliphatic rings. The molecule has 0 fully saturated rings. The highest BCUT2D eigenvalue weighted by Crippen LogP contribution is 2.38. The maximum absolute atomic E-state index is 12.9. The lowest BCUT2D eigenvalue weighted by Gasteiger charge is -2.10. The Kier molecular flexibility index (Phi) is 3.66. The lowest BCUT2D eigenvalue weighted by atomic mass is 10.0. The molecule has 1 aromatic carbocycles. The van der Waals surface area contributed by atoms with Crippen molar-refractivity contribution in [2.24, 2.45) is 0 Å². The number of benzene rings is 1. The molecule has 7 heteroatoms. The third-order valence-electron chi connectivity index (χ3n) is 2.61. The fourth-order valence-corrected chi connectivity index (χ4v) is 2.73. The molecule has 0 atom stereocenters. The number of fused-ring (bicyclic) bond motifs is 1. The third kappa shape index (κ3) is 3.17. The van der Waals surface area contributed by atoms with Crippen molar-refractivity contribution in [3.05, 3.63) is 34.7 Å². The second kappa shape index (κ2) is 5.08. The molecule has 2 N–H and O–H groups in total. The number of rotatable bonds is 3. The quantitative estimate of drug-likeness (QED) is 0.904. The van der Waals surface area contributed by atoms with Crippen molar-refractivity contribution in [2.75, 3.05) is 6.54 Å². The van der Waals surface area contributed by atoms with Gasteiger partial charge in [-0.25, -0.2) is 4.79 Å². The van der Waals surface area contributed by atoms with Crippen LogP contribution in [0.15, 0.2) is 23.6 Å². The van der Waals surface area contributed by atoms with Crippen LogP contribution in [0.4, 0.5) is 18.0 Å². The maximum atomic E-state index is 12.9. The molecule has 2 rings (SSSR count). The van der Waals surface area contributed by atoms with Crippen molar-refractivity contribution < 1.29 is 23.1 Å². The van der Waals surface area contributed by atoms with Crippen molar-refractivity contribution in [3.8, 4) is 0 Å². The second-order valence-electron chi connectivity index (χ2n) is 3.96. The van der Waals surface area contributed by atoms with E-state index in [9.17, 15) is 18.0 Å². The van der Waals surface area contributed by atoms with Gasteiger partial charge in [-0.05, 0) is 34.9 Å². The lowest BCUT2D eigenvalue weighted by Crippen LogP contribution is -2.23. The van der Waals surface area contributed by atoms with E-state index < -0.39 is 17.8 Å². The first-order valence-corrected chi connectivity index (χ1v) is 6.30. The Labute approximate surface area is 110 Å². The summed E-state index contributed by atoms with van der Waals surface area (Å²) in [6, 6.07) is 4.37. The van der Waals surface area contributed by atoms with Gasteiger partial charge in [0.1, 0.15) is 0 Å². The predicted octanol–water partition coefficient (Wildman–Crippen LogP) is 3.73. The van der Waals surface area contributed by atoms with Crippen LogP contribution in [-0.2, 0) is 12.6 Å². The summed E-state index contributed by atoms with van der Waals surface area (Å²) in [6.45, 7) is 0.0856. The minimum absolute atomic E-state index is 0.0856. The summed E-state index contributed by atoms with van der Waals surface area (Å²) < 4.78 is 39.0. The Balaban J connectivity index is 2.33. The largest absolute Gasteiger partial charge is 0.465 e. The zero-order chi connectivity index (χ0) is 14.0. The summed E-state index contributed by atoms with van der Waals surface area (Å²) in [4.78, 5) is 10.3. The highest BCUT2D eigenvalue weighted by molar-refractivity contribution is 7.17. The van der Waals surface area contributed by atoms with Crippen LogP contribution in [0.25, 0.3) is 10.1 Å². The van der Waals surface area contributed by atoms with Gasteiger partial charge in [0.25, 0.3) is 0 Å². The minimum Gasteiger partial charge on any atom is -0.465 e. The van der Waals surface area contributed by atoms with Gasteiger partial charge in [0.05, 0.1) is 5.56 Å². The summed E-state index contributed by atoms with van der Waals surface area (Å²) >= 11 is 1.05. The van der Waals surface area contributed by atoms with E-state index in [0.717, 1.165) is 17.4 Å². The second-order valence-corrected chi connectivity index (χ2v) is 4.88. The van der Waals surface area contributed by atoms with Crippen LogP contribution in [-0.4, -0.2) is 17.7 Å². The Morgan fingerprint density at radius 3 is 2.74 bits per heavy atom. The standard InChI is InChI=1S/C12H10F3NO2S/c13-12(14,15)9-6-7(1-3-16-11(17)18)5-8-2-4-19-10(8)9/h2,4-6,16H,1,3H2,(H,17,18). The monoisotopic (exact) mass is 289 g/mol. The summed E-state index contributed by atoms with van der Waals surface area (Å²) in [6.07, 6.45) is -5.37. The SMILES string of the molecule is O=C(O)NCCc1cc(C(F)(F)F)c2sccc2c1. The van der Waals surface area contributed by atoms with Crippen molar-refractivity contribution in [3.63, 3.8) is 0 Å². The number of carboxylic acid groups (broad SMARTS) is 1. The number of carbonyl (C=O) groups is 1. The van der Waals surface area contributed by atoms with E-state index in [1.54, 1.807) is 17.5 Å². The van der Waals surface area contributed by atoms with Crippen LogP contribution in [0.1, 0.15) is 11.1 Å². The van der Waals surface area contributed by atoms with Gasteiger partial charge in [-0.1, -0.05) is 6.07 Å². The van der Waals surface area contributed by atoms with E-state index in [2.05, 4.69) is 5.32 Å². The van der Waals surface area contributed by atoms with Crippen molar-refractivity contribution in [1.29, 1.82) is 0 Å². The van der Waals surface area contributed by atoms with Gasteiger partial charge in [0.2, 0.25) is 0 Å². The predicted molar refractivity (Wildman–Crippen MR) is 66.6 cm³/mol.